The van der Waals surface area contributed by atoms with Gasteiger partial charge in [0, 0.05) is 46.1 Å². The second-order valence-electron chi connectivity index (χ2n) is 6.69. The van der Waals surface area contributed by atoms with Crippen LogP contribution < -0.4 is 10.7 Å². The van der Waals surface area contributed by atoms with Crippen molar-refractivity contribution in [2.24, 2.45) is 0 Å². The van der Waals surface area contributed by atoms with Gasteiger partial charge in [0.05, 0.1) is 11.0 Å². The van der Waals surface area contributed by atoms with E-state index in [-0.39, 0.29) is 11.3 Å². The third-order valence-corrected chi connectivity index (χ3v) is 5.01. The second-order valence-corrected chi connectivity index (χ2v) is 6.69. The average molecular weight is 352 g/mol. The summed E-state index contributed by atoms with van der Waals surface area (Å²) in [6.45, 7) is 1.46. The van der Waals surface area contributed by atoms with Crippen LogP contribution in [0.4, 0.5) is 5.69 Å². The van der Waals surface area contributed by atoms with Crippen LogP contribution in [0.1, 0.15) is 6.92 Å². The molecule has 0 atom stereocenters. The van der Waals surface area contributed by atoms with Crippen molar-refractivity contribution in [3.05, 3.63) is 83.2 Å². The normalized spacial score (nSPS) is 11.4. The fraction of sp³-hybridized carbons (Fsp3) is 0.0435. The lowest BCUT2D eigenvalue weighted by Gasteiger charge is -2.11. The molecule has 0 spiro atoms. The molecule has 0 saturated carbocycles. The molecule has 0 saturated heterocycles. The van der Waals surface area contributed by atoms with E-state index in [9.17, 15) is 9.59 Å². The number of nitrogens with one attached hydrogen (secondary N) is 1. The van der Waals surface area contributed by atoms with Crippen molar-refractivity contribution in [2.75, 3.05) is 5.32 Å². The van der Waals surface area contributed by atoms with Gasteiger partial charge in [-0.3, -0.25) is 9.59 Å². The van der Waals surface area contributed by atoms with Gasteiger partial charge in [0.25, 0.3) is 0 Å². The van der Waals surface area contributed by atoms with E-state index in [2.05, 4.69) is 27.9 Å². The minimum absolute atomic E-state index is 0.0336. The summed E-state index contributed by atoms with van der Waals surface area (Å²) >= 11 is 0. The highest BCUT2D eigenvalue weighted by Crippen LogP contribution is 2.33. The molecule has 3 aromatic carbocycles. The fourth-order valence-corrected chi connectivity index (χ4v) is 3.91. The molecule has 1 N–H and O–H groups in total. The number of hydrogen-bond donors (Lipinski definition) is 1. The Morgan fingerprint density at radius 1 is 0.815 bits per heavy atom. The largest absolute Gasteiger partial charge is 0.326 e. The second kappa shape index (κ2) is 5.68. The van der Waals surface area contributed by atoms with Gasteiger partial charge >= 0.3 is 0 Å². The van der Waals surface area contributed by atoms with Crippen molar-refractivity contribution in [3.63, 3.8) is 0 Å². The van der Waals surface area contributed by atoms with Gasteiger partial charge in [-0.2, -0.15) is 0 Å². The number of hydrogen-bond acceptors (Lipinski definition) is 2. The number of benzene rings is 3. The summed E-state index contributed by atoms with van der Waals surface area (Å²) in [5, 5.41) is 5.70. The quantitative estimate of drug-likeness (QED) is 0.502. The molecule has 0 aliphatic heterocycles. The number of carbonyl (C=O) groups excluding carboxylic acids is 1. The Morgan fingerprint density at radius 2 is 1.52 bits per heavy atom. The molecule has 0 fully saturated rings. The number of pyridine rings is 1. The highest BCUT2D eigenvalue weighted by Gasteiger charge is 2.17. The first-order valence-corrected chi connectivity index (χ1v) is 8.80. The van der Waals surface area contributed by atoms with Crippen molar-refractivity contribution >= 4 is 38.8 Å². The van der Waals surface area contributed by atoms with Gasteiger partial charge in [0.15, 0.2) is 5.43 Å². The van der Waals surface area contributed by atoms with E-state index in [1.165, 1.54) is 6.92 Å². The van der Waals surface area contributed by atoms with Crippen molar-refractivity contribution in [1.82, 2.24) is 4.40 Å². The molecule has 0 unspecified atom stereocenters. The minimum atomic E-state index is -0.166. The van der Waals surface area contributed by atoms with Crippen molar-refractivity contribution in [3.8, 4) is 11.1 Å². The third kappa shape index (κ3) is 2.23. The summed E-state index contributed by atoms with van der Waals surface area (Å²) in [5.74, 6) is -0.166. The molecule has 1 amide bonds. The van der Waals surface area contributed by atoms with E-state index in [0.29, 0.717) is 16.6 Å². The third-order valence-electron chi connectivity index (χ3n) is 5.01. The maximum absolute atomic E-state index is 13.3. The highest BCUT2D eigenvalue weighted by atomic mass is 16.1. The molecule has 130 valence electrons. The lowest BCUT2D eigenvalue weighted by atomic mass is 10.0. The van der Waals surface area contributed by atoms with Gasteiger partial charge in [-0.1, -0.05) is 48.5 Å². The van der Waals surface area contributed by atoms with E-state index in [1.54, 1.807) is 0 Å². The molecule has 0 radical (unpaired) electrons. The average Bonchev–Trinajstić information content (AvgIpc) is 3.00. The molecule has 27 heavy (non-hydrogen) atoms. The molecule has 0 aliphatic carbocycles. The van der Waals surface area contributed by atoms with E-state index in [1.807, 2.05) is 54.7 Å². The zero-order chi connectivity index (χ0) is 18.5. The number of rotatable bonds is 2. The Labute approximate surface area is 155 Å². The molecule has 2 heterocycles. The highest BCUT2D eigenvalue weighted by molar-refractivity contribution is 6.14. The van der Waals surface area contributed by atoms with Crippen molar-refractivity contribution < 1.29 is 4.79 Å². The van der Waals surface area contributed by atoms with Crippen LogP contribution in [0.3, 0.4) is 0 Å². The molecule has 2 aromatic heterocycles. The van der Waals surface area contributed by atoms with Gasteiger partial charge in [-0.15, -0.1) is 0 Å². The maximum Gasteiger partial charge on any atom is 0.221 e. The number of aromatic nitrogens is 1. The first-order chi connectivity index (χ1) is 13.1. The Kier molecular flexibility index (Phi) is 3.28. The monoisotopic (exact) mass is 352 g/mol. The van der Waals surface area contributed by atoms with Gasteiger partial charge in [0.2, 0.25) is 5.91 Å². The first kappa shape index (κ1) is 15.6. The van der Waals surface area contributed by atoms with Gasteiger partial charge in [-0.25, -0.2) is 0 Å². The molecule has 5 rings (SSSR count). The number of carbonyl (C=O) groups is 1. The Hall–Kier alpha value is -3.66. The lowest BCUT2D eigenvalue weighted by molar-refractivity contribution is -0.114. The fourth-order valence-electron chi connectivity index (χ4n) is 3.91. The summed E-state index contributed by atoms with van der Waals surface area (Å²) in [5.41, 5.74) is 3.88. The van der Waals surface area contributed by atoms with E-state index < -0.39 is 0 Å². The Morgan fingerprint density at radius 3 is 2.37 bits per heavy atom. The minimum Gasteiger partial charge on any atom is -0.326 e. The van der Waals surface area contributed by atoms with Crippen LogP contribution in [0.5, 0.6) is 0 Å². The number of fused-ring (bicyclic) bond motifs is 3. The number of para-hydroxylation sites is 3. The summed E-state index contributed by atoms with van der Waals surface area (Å²) in [6.07, 6.45) is 1.89. The Bertz CT molecular complexity index is 1400. The van der Waals surface area contributed by atoms with Crippen LogP contribution in [0.2, 0.25) is 0 Å². The Balaban J connectivity index is 1.94. The maximum atomic E-state index is 13.3. The smallest absolute Gasteiger partial charge is 0.221 e. The topological polar surface area (TPSA) is 50.6 Å². The predicted octanol–water partition coefficient (Wildman–Crippen LogP) is 4.67. The van der Waals surface area contributed by atoms with Gasteiger partial charge in [0.1, 0.15) is 0 Å². The molecule has 5 aromatic rings. The van der Waals surface area contributed by atoms with E-state index in [4.69, 9.17) is 0 Å². The lowest BCUT2D eigenvalue weighted by Crippen LogP contribution is -2.11. The molecule has 4 nitrogen and oxygen atoms in total. The van der Waals surface area contributed by atoms with Crippen molar-refractivity contribution in [2.45, 2.75) is 6.92 Å². The van der Waals surface area contributed by atoms with E-state index >= 15 is 0 Å². The number of anilines is 1. The molecular formula is C23H16N2O2. The van der Waals surface area contributed by atoms with Crippen LogP contribution in [0.15, 0.2) is 77.7 Å². The van der Waals surface area contributed by atoms with Gasteiger partial charge in [-0.05, 0) is 18.2 Å². The SMILES string of the molecule is CC(=O)Nc1ccccc1-c1cn2c3ccccc3c3cccc(c1=O)c32. The molecular weight excluding hydrogens is 336 g/mol. The van der Waals surface area contributed by atoms with E-state index in [0.717, 1.165) is 27.4 Å². The summed E-state index contributed by atoms with van der Waals surface area (Å²) < 4.78 is 2.08. The van der Waals surface area contributed by atoms with Crippen LogP contribution in [0.25, 0.3) is 38.3 Å². The van der Waals surface area contributed by atoms with Crippen LogP contribution in [0, 0.1) is 0 Å². The van der Waals surface area contributed by atoms with Crippen LogP contribution in [-0.2, 0) is 4.79 Å². The zero-order valence-corrected chi connectivity index (χ0v) is 14.7. The molecule has 4 heteroatoms. The van der Waals surface area contributed by atoms with Crippen LogP contribution in [-0.4, -0.2) is 10.3 Å². The molecule has 0 bridgehead atoms. The number of amides is 1. The zero-order valence-electron chi connectivity index (χ0n) is 14.7. The first-order valence-electron chi connectivity index (χ1n) is 8.80. The predicted molar refractivity (Wildman–Crippen MR) is 110 cm³/mol. The summed E-state index contributed by atoms with van der Waals surface area (Å²) in [7, 11) is 0. The number of nitrogens with zero attached hydrogens (tertiary/aromatic N) is 1. The van der Waals surface area contributed by atoms with Crippen LogP contribution >= 0.6 is 0 Å². The summed E-state index contributed by atoms with van der Waals surface area (Å²) in [6, 6.07) is 21.4. The summed E-state index contributed by atoms with van der Waals surface area (Å²) in [4.78, 5) is 24.9. The molecule has 0 aliphatic rings. The van der Waals surface area contributed by atoms with Gasteiger partial charge < -0.3 is 9.72 Å². The van der Waals surface area contributed by atoms with Crippen molar-refractivity contribution in [1.29, 1.82) is 0 Å². The standard InChI is InChI=1S/C23H16N2O2/c1-14(26)24-20-11-4-2-7-15(20)19-13-25-21-12-5-3-8-16(21)17-9-6-10-18(22(17)25)23(19)27/h2-13H,1H3,(H,24,26).